The van der Waals surface area contributed by atoms with E-state index in [2.05, 4.69) is 20.3 Å². The first-order valence-electron chi connectivity index (χ1n) is 10.0. The van der Waals surface area contributed by atoms with E-state index in [0.717, 1.165) is 17.5 Å². The molecule has 1 aliphatic heterocycles. The van der Waals surface area contributed by atoms with Gasteiger partial charge in [0, 0.05) is 29.9 Å². The molecule has 0 saturated carbocycles. The van der Waals surface area contributed by atoms with E-state index in [1.54, 1.807) is 30.3 Å². The summed E-state index contributed by atoms with van der Waals surface area (Å²) >= 11 is 6.21. The molecule has 4 N–H and O–H groups in total. The number of fused-ring (bicyclic) bond motifs is 1. The van der Waals surface area contributed by atoms with Crippen LogP contribution in [0.25, 0.3) is 16.7 Å². The molecule has 1 atom stereocenters. The van der Waals surface area contributed by atoms with Crippen LogP contribution in [0.15, 0.2) is 53.9 Å². The summed E-state index contributed by atoms with van der Waals surface area (Å²) in [5.74, 6) is -0.565. The van der Waals surface area contributed by atoms with Crippen molar-refractivity contribution in [3.63, 3.8) is 0 Å². The predicted octanol–water partition coefficient (Wildman–Crippen LogP) is 4.00. The van der Waals surface area contributed by atoms with Gasteiger partial charge in [0.25, 0.3) is 0 Å². The van der Waals surface area contributed by atoms with E-state index in [1.165, 1.54) is 12.3 Å². The SMILES string of the molecule is C[C@@H](NCc1ccc(C(F)(F)F)cc1C1=CN=C(Cl)CN1c1c[nH]c2ncccc12)C(N)=O. The highest BCUT2D eigenvalue weighted by molar-refractivity contribution is 6.66. The Bertz CT molecular complexity index is 1270. The summed E-state index contributed by atoms with van der Waals surface area (Å²) in [6.45, 7) is 1.87. The Balaban J connectivity index is 1.83. The van der Waals surface area contributed by atoms with Crippen LogP contribution in [0.5, 0.6) is 0 Å². The summed E-state index contributed by atoms with van der Waals surface area (Å²) in [6.07, 6.45) is 0.270. The number of alkyl halides is 3. The zero-order valence-corrected chi connectivity index (χ0v) is 18.2. The number of aromatic nitrogens is 2. The van der Waals surface area contributed by atoms with Crippen LogP contribution in [0.2, 0.25) is 0 Å². The van der Waals surface area contributed by atoms with E-state index in [4.69, 9.17) is 17.3 Å². The smallest absolute Gasteiger partial charge is 0.368 e. The number of nitrogens with zero attached hydrogens (tertiary/aromatic N) is 3. The number of nitrogens with two attached hydrogens (primary N) is 1. The predicted molar refractivity (Wildman–Crippen MR) is 122 cm³/mol. The number of hydrogen-bond donors (Lipinski definition) is 3. The van der Waals surface area contributed by atoms with Gasteiger partial charge in [-0.2, -0.15) is 13.2 Å². The highest BCUT2D eigenvalue weighted by atomic mass is 35.5. The van der Waals surface area contributed by atoms with Gasteiger partial charge < -0.3 is 20.9 Å². The number of hydrogen-bond acceptors (Lipinski definition) is 5. The largest absolute Gasteiger partial charge is 0.416 e. The van der Waals surface area contributed by atoms with Crippen molar-refractivity contribution in [2.75, 3.05) is 11.4 Å². The number of carbonyl (C=O) groups excluding carboxylic acids is 1. The van der Waals surface area contributed by atoms with Crippen molar-refractivity contribution in [3.8, 4) is 0 Å². The summed E-state index contributed by atoms with van der Waals surface area (Å²) in [7, 11) is 0. The van der Waals surface area contributed by atoms with E-state index in [0.29, 0.717) is 28.2 Å². The second-order valence-electron chi connectivity index (χ2n) is 7.55. The van der Waals surface area contributed by atoms with Gasteiger partial charge in [0.15, 0.2) is 0 Å². The first-order chi connectivity index (χ1) is 15.6. The topological polar surface area (TPSA) is 99.4 Å². The van der Waals surface area contributed by atoms with E-state index in [-0.39, 0.29) is 18.3 Å². The number of benzene rings is 1. The molecule has 4 rings (SSSR count). The Hall–Kier alpha value is -3.37. The van der Waals surface area contributed by atoms with Gasteiger partial charge in [-0.25, -0.2) is 9.98 Å². The van der Waals surface area contributed by atoms with Gasteiger partial charge in [0.05, 0.1) is 35.7 Å². The van der Waals surface area contributed by atoms with Crippen molar-refractivity contribution in [1.29, 1.82) is 0 Å². The number of carbonyl (C=O) groups is 1. The molecule has 11 heteroatoms. The number of primary amides is 1. The van der Waals surface area contributed by atoms with E-state index in [1.807, 2.05) is 6.07 Å². The summed E-state index contributed by atoms with van der Waals surface area (Å²) < 4.78 is 40.7. The summed E-state index contributed by atoms with van der Waals surface area (Å²) in [5, 5.41) is 4.01. The van der Waals surface area contributed by atoms with Crippen LogP contribution in [0.4, 0.5) is 18.9 Å². The maximum Gasteiger partial charge on any atom is 0.416 e. The third-order valence-corrected chi connectivity index (χ3v) is 5.58. The van der Waals surface area contributed by atoms with Crippen molar-refractivity contribution >= 4 is 45.1 Å². The number of anilines is 1. The molecular weight excluding hydrogens is 457 g/mol. The van der Waals surface area contributed by atoms with Crippen LogP contribution in [0.1, 0.15) is 23.6 Å². The number of rotatable bonds is 6. The summed E-state index contributed by atoms with van der Waals surface area (Å²) in [5.41, 5.74) is 7.11. The number of nitrogens with one attached hydrogen (secondary N) is 2. The fourth-order valence-electron chi connectivity index (χ4n) is 3.56. The summed E-state index contributed by atoms with van der Waals surface area (Å²) in [6, 6.07) is 6.43. The molecule has 1 amide bonds. The molecule has 0 radical (unpaired) electrons. The molecule has 33 heavy (non-hydrogen) atoms. The van der Waals surface area contributed by atoms with E-state index >= 15 is 0 Å². The van der Waals surface area contributed by atoms with Gasteiger partial charge in [-0.3, -0.25) is 4.79 Å². The lowest BCUT2D eigenvalue weighted by Gasteiger charge is -2.30. The molecule has 1 aromatic carbocycles. The fraction of sp³-hybridized carbons (Fsp3) is 0.227. The number of halogens is 4. The van der Waals surface area contributed by atoms with Crippen LogP contribution in [-0.4, -0.2) is 33.6 Å². The molecule has 2 aromatic heterocycles. The minimum atomic E-state index is -4.53. The first-order valence-corrected chi connectivity index (χ1v) is 10.4. The van der Waals surface area contributed by atoms with Gasteiger partial charge in [-0.1, -0.05) is 17.7 Å². The molecule has 3 aromatic rings. The van der Waals surface area contributed by atoms with Crippen molar-refractivity contribution in [2.45, 2.75) is 25.7 Å². The molecule has 0 saturated heterocycles. The lowest BCUT2D eigenvalue weighted by atomic mass is 9.99. The quantitative estimate of drug-likeness (QED) is 0.500. The number of pyridine rings is 1. The number of H-pyrrole nitrogens is 1. The lowest BCUT2D eigenvalue weighted by Crippen LogP contribution is -2.38. The standard InChI is InChI=1S/C22H20ClF3N6O/c1-12(20(27)33)29-8-13-4-5-14(22(24,25)26)7-16(13)18-9-30-19(23)11-32(18)17-10-31-21-15(17)3-2-6-28-21/h2-7,9-10,12,29H,8,11H2,1H3,(H2,27,33)(H,28,31)/t12-/m1/s1. The highest BCUT2D eigenvalue weighted by Gasteiger charge is 2.32. The Morgan fingerprint density at radius 2 is 2.15 bits per heavy atom. The van der Waals surface area contributed by atoms with Gasteiger partial charge in [0.1, 0.15) is 10.8 Å². The van der Waals surface area contributed by atoms with Gasteiger partial charge >= 0.3 is 6.18 Å². The average molecular weight is 477 g/mol. The lowest BCUT2D eigenvalue weighted by molar-refractivity contribution is -0.137. The Morgan fingerprint density at radius 3 is 2.88 bits per heavy atom. The Morgan fingerprint density at radius 1 is 1.36 bits per heavy atom. The third-order valence-electron chi connectivity index (χ3n) is 5.36. The Kier molecular flexibility index (Phi) is 6.13. The third kappa shape index (κ3) is 4.71. The second-order valence-corrected chi connectivity index (χ2v) is 7.99. The summed E-state index contributed by atoms with van der Waals surface area (Å²) in [4.78, 5) is 24.7. The molecule has 0 aliphatic carbocycles. The van der Waals surface area contributed by atoms with Crippen molar-refractivity contribution < 1.29 is 18.0 Å². The zero-order chi connectivity index (χ0) is 23.8. The number of aromatic amines is 1. The van der Waals surface area contributed by atoms with Crippen molar-refractivity contribution in [1.82, 2.24) is 15.3 Å². The molecule has 7 nitrogen and oxygen atoms in total. The van der Waals surface area contributed by atoms with Crippen LogP contribution in [0, 0.1) is 0 Å². The molecule has 0 bridgehead atoms. The normalized spacial score (nSPS) is 15.4. The average Bonchev–Trinajstić information content (AvgIpc) is 3.20. The van der Waals surface area contributed by atoms with Crippen molar-refractivity contribution in [2.24, 2.45) is 10.7 Å². The maximum absolute atomic E-state index is 13.6. The van der Waals surface area contributed by atoms with Crippen molar-refractivity contribution in [3.05, 3.63) is 65.6 Å². The van der Waals surface area contributed by atoms with Gasteiger partial charge in [-0.05, 0) is 36.8 Å². The van der Waals surface area contributed by atoms with Crippen LogP contribution >= 0.6 is 11.6 Å². The maximum atomic E-state index is 13.6. The van der Waals surface area contributed by atoms with E-state index < -0.39 is 23.7 Å². The molecule has 172 valence electrons. The zero-order valence-electron chi connectivity index (χ0n) is 17.4. The van der Waals surface area contributed by atoms with E-state index in [9.17, 15) is 18.0 Å². The minimum Gasteiger partial charge on any atom is -0.368 e. The van der Waals surface area contributed by atoms with Gasteiger partial charge in [0.2, 0.25) is 5.91 Å². The van der Waals surface area contributed by atoms with Crippen LogP contribution in [-0.2, 0) is 17.5 Å². The highest BCUT2D eigenvalue weighted by Crippen LogP contribution is 2.38. The molecule has 0 fully saturated rings. The van der Waals surface area contributed by atoms with Crippen LogP contribution in [0.3, 0.4) is 0 Å². The first kappa shape index (κ1) is 22.8. The van der Waals surface area contributed by atoms with Gasteiger partial charge in [-0.15, -0.1) is 0 Å². The Labute approximate surface area is 192 Å². The molecule has 1 aliphatic rings. The second kappa shape index (κ2) is 8.87. The fourth-order valence-corrected chi connectivity index (χ4v) is 3.73. The molecule has 0 unspecified atom stereocenters. The number of aliphatic imine (C=N–C) groups is 1. The van der Waals surface area contributed by atoms with Crippen LogP contribution < -0.4 is 16.0 Å². The molecule has 3 heterocycles. The molecular formula is C22H20ClF3N6O. The number of amides is 1. The monoisotopic (exact) mass is 476 g/mol. The minimum absolute atomic E-state index is 0.121. The molecule has 0 spiro atoms.